The molecule has 21 heteroatoms. The van der Waals surface area contributed by atoms with Crippen LogP contribution in [-0.2, 0) is 0 Å². The summed E-state index contributed by atoms with van der Waals surface area (Å²) in [6.07, 6.45) is 7.68. The molecular weight excluding hydrogens is 1170 g/mol. The Balaban J connectivity index is 0.000000141. The number of fused-ring (bicyclic) bond motifs is 3. The number of pyridine rings is 3. The van der Waals surface area contributed by atoms with Gasteiger partial charge in [0, 0.05) is 107 Å². The van der Waals surface area contributed by atoms with E-state index in [1.54, 1.807) is 18.6 Å². The SMILES string of the molecule is CN(C)C1CCN(CCOc2ccc(-c3nc4ncc(Br)cc4[nH]3)cc2)C1.CN(CCC#N)CCOc1ccc(-c2nc3ncc(Br)cc3[nH]2)cc1.OC1CCN(CCOc2ccc(-c3nc4ncc(Br)cc4[nH]3)cc2)C1. The Kier molecular flexibility index (Phi) is 19.3. The van der Waals surface area contributed by atoms with Crippen LogP contribution in [-0.4, -0.2) is 175 Å². The van der Waals surface area contributed by atoms with Gasteiger partial charge in [-0.25, -0.2) is 29.9 Å². The molecule has 0 radical (unpaired) electrons. The van der Waals surface area contributed by atoms with Crippen LogP contribution in [0.5, 0.6) is 17.2 Å². The molecule has 0 bridgehead atoms. The first-order chi connectivity index (χ1) is 37.4. The van der Waals surface area contributed by atoms with Gasteiger partial charge in [0.05, 0.1) is 28.7 Å². The van der Waals surface area contributed by atoms with Crippen LogP contribution in [0.15, 0.2) is 123 Å². The first-order valence-electron chi connectivity index (χ1n) is 25.5. The second-order valence-corrected chi connectivity index (χ2v) is 21.9. The molecule has 4 N–H and O–H groups in total. The van der Waals surface area contributed by atoms with Gasteiger partial charge in [-0.2, -0.15) is 5.26 Å². The summed E-state index contributed by atoms with van der Waals surface area (Å²) >= 11 is 10.3. The highest BCUT2D eigenvalue weighted by atomic mass is 79.9. The number of nitrogens with zero attached hydrogens (tertiary/aromatic N) is 11. The van der Waals surface area contributed by atoms with Crippen LogP contribution >= 0.6 is 47.8 Å². The number of ether oxygens (including phenoxy) is 3. The molecule has 0 aliphatic carbocycles. The molecular formula is C56H61Br3N14O4. The summed E-state index contributed by atoms with van der Waals surface area (Å²) in [7, 11) is 6.30. The van der Waals surface area contributed by atoms with Crippen molar-refractivity contribution in [3.8, 4) is 57.5 Å². The lowest BCUT2D eigenvalue weighted by Crippen LogP contribution is -2.33. The van der Waals surface area contributed by atoms with E-state index in [0.717, 1.165) is 146 Å². The number of imidazole rings is 3. The lowest BCUT2D eigenvalue weighted by molar-refractivity contribution is 0.167. The Bertz CT molecular complexity index is 3370. The standard InChI is InChI=1S/C20H24BrN5O.C18H18BrN5O.C18H19BrN4O2/c1-25(2)16-7-8-26(13-16)9-10-27-17-5-3-14(4-6-17)19-23-18-11-15(21)12-22-20(18)24-19;1-24(8-2-7-20)9-10-25-15-5-3-13(4-6-15)17-22-16-11-14(19)12-21-18(16)23-17;19-13-9-16-18(20-10-13)22-17(21-16)12-1-3-15(4-2-12)25-8-7-23-6-5-14(24)11-23/h3-6,11-12,16H,7-10,13H2,1-2H3,(H,22,23,24);3-6,11-12H,2,8-10H2,1H3,(H,21,22,23);1-4,9-10,14,24H,5-8,11H2,(H,20,21,22). The van der Waals surface area contributed by atoms with Gasteiger partial charge in [-0.3, -0.25) is 9.80 Å². The Hall–Kier alpha value is -6.35. The van der Waals surface area contributed by atoms with Crippen molar-refractivity contribution in [3.63, 3.8) is 0 Å². The zero-order chi connectivity index (χ0) is 53.7. The highest BCUT2D eigenvalue weighted by Gasteiger charge is 2.24. The van der Waals surface area contributed by atoms with E-state index in [9.17, 15) is 5.11 Å². The minimum Gasteiger partial charge on any atom is -0.492 e. The maximum absolute atomic E-state index is 9.52. The third-order valence-electron chi connectivity index (χ3n) is 13.2. The molecule has 2 fully saturated rings. The third-order valence-corrected chi connectivity index (χ3v) is 14.5. The van der Waals surface area contributed by atoms with Crippen molar-refractivity contribution >= 4 is 81.3 Å². The van der Waals surface area contributed by atoms with E-state index in [0.29, 0.717) is 43.6 Å². The minimum atomic E-state index is -0.182. The summed E-state index contributed by atoms with van der Waals surface area (Å²) in [4.78, 5) is 45.4. The number of H-pyrrole nitrogens is 3. The number of aromatic amines is 3. The molecule has 6 aromatic heterocycles. The van der Waals surface area contributed by atoms with Crippen molar-refractivity contribution in [1.82, 2.24) is 64.5 Å². The quantitative estimate of drug-likeness (QED) is 0.0630. The van der Waals surface area contributed by atoms with E-state index in [2.05, 4.69) is 132 Å². The first kappa shape index (κ1) is 55.4. The number of β-amino-alcohol motifs (C(OH)–C–C–N with tert-alkyl or cyclic N) is 1. The molecule has 8 heterocycles. The van der Waals surface area contributed by atoms with Gasteiger partial charge in [0.2, 0.25) is 0 Å². The van der Waals surface area contributed by atoms with E-state index in [1.807, 2.05) is 98.0 Å². The van der Waals surface area contributed by atoms with E-state index >= 15 is 0 Å². The molecule has 2 aliphatic rings. The molecule has 9 aromatic rings. The molecule has 400 valence electrons. The Morgan fingerprint density at radius 3 is 1.36 bits per heavy atom. The molecule has 2 atom stereocenters. The van der Waals surface area contributed by atoms with E-state index in [1.165, 1.54) is 6.42 Å². The number of likely N-dealkylation sites (tertiary alicyclic amines) is 2. The number of aliphatic hydroxyl groups is 1. The summed E-state index contributed by atoms with van der Waals surface area (Å²) < 4.78 is 20.2. The van der Waals surface area contributed by atoms with Crippen LogP contribution < -0.4 is 14.2 Å². The summed E-state index contributed by atoms with van der Waals surface area (Å²) in [6.45, 7) is 9.24. The van der Waals surface area contributed by atoms with Gasteiger partial charge in [-0.15, -0.1) is 0 Å². The fraction of sp³-hybridized carbons (Fsp3) is 0.339. The fourth-order valence-electron chi connectivity index (χ4n) is 8.87. The van der Waals surface area contributed by atoms with Gasteiger partial charge in [0.25, 0.3) is 0 Å². The average molecular weight is 1230 g/mol. The smallest absolute Gasteiger partial charge is 0.178 e. The second kappa shape index (κ2) is 26.8. The van der Waals surface area contributed by atoms with Gasteiger partial charge < -0.3 is 44.1 Å². The van der Waals surface area contributed by atoms with Gasteiger partial charge in [-0.05, 0) is 179 Å². The van der Waals surface area contributed by atoms with Crippen molar-refractivity contribution in [3.05, 3.63) is 123 Å². The first-order valence-corrected chi connectivity index (χ1v) is 27.9. The van der Waals surface area contributed by atoms with E-state index in [4.69, 9.17) is 19.5 Å². The molecule has 2 saturated heterocycles. The average Bonchev–Trinajstić information content (AvgIpc) is 4.32. The maximum atomic E-state index is 9.52. The van der Waals surface area contributed by atoms with Gasteiger partial charge in [0.1, 0.15) is 54.5 Å². The highest BCUT2D eigenvalue weighted by molar-refractivity contribution is 9.11. The third kappa shape index (κ3) is 15.7. The maximum Gasteiger partial charge on any atom is 0.178 e. The number of aliphatic hydroxyl groups excluding tert-OH is 1. The van der Waals surface area contributed by atoms with Crippen molar-refractivity contribution < 1.29 is 19.3 Å². The van der Waals surface area contributed by atoms with Crippen LogP contribution in [0.3, 0.4) is 0 Å². The van der Waals surface area contributed by atoms with Crippen LogP contribution in [0.2, 0.25) is 0 Å². The molecule has 0 spiro atoms. The molecule has 0 amide bonds. The zero-order valence-electron chi connectivity index (χ0n) is 43.2. The second-order valence-electron chi connectivity index (χ2n) is 19.1. The van der Waals surface area contributed by atoms with Gasteiger partial charge in [0.15, 0.2) is 16.9 Å². The number of likely N-dealkylation sites (N-methyl/N-ethyl adjacent to an activating group) is 2. The number of nitrogens with one attached hydrogen (secondary N) is 3. The number of halogens is 3. The largest absolute Gasteiger partial charge is 0.492 e. The van der Waals surface area contributed by atoms with Crippen molar-refractivity contribution in [1.29, 1.82) is 5.26 Å². The monoisotopic (exact) mass is 1230 g/mol. The molecule has 77 heavy (non-hydrogen) atoms. The number of hydrogen-bond donors (Lipinski definition) is 4. The van der Waals surface area contributed by atoms with Crippen LogP contribution in [0, 0.1) is 11.3 Å². The highest BCUT2D eigenvalue weighted by Crippen LogP contribution is 2.27. The predicted octanol–water partition coefficient (Wildman–Crippen LogP) is 9.85. The molecule has 3 aromatic carbocycles. The lowest BCUT2D eigenvalue weighted by Gasteiger charge is -2.20. The van der Waals surface area contributed by atoms with Crippen molar-refractivity contribution in [2.24, 2.45) is 0 Å². The Morgan fingerprint density at radius 2 is 0.987 bits per heavy atom. The van der Waals surface area contributed by atoms with Crippen LogP contribution in [0.4, 0.5) is 0 Å². The molecule has 11 rings (SSSR count). The van der Waals surface area contributed by atoms with Gasteiger partial charge >= 0.3 is 0 Å². The Labute approximate surface area is 472 Å². The summed E-state index contributed by atoms with van der Waals surface area (Å²) in [5.74, 6) is 4.92. The predicted molar refractivity (Wildman–Crippen MR) is 311 cm³/mol. The normalized spacial score (nSPS) is 15.7. The molecule has 2 unspecified atom stereocenters. The number of hydrogen-bond acceptors (Lipinski definition) is 15. The fourth-order valence-corrected chi connectivity index (χ4v) is 9.86. The Morgan fingerprint density at radius 1 is 0.584 bits per heavy atom. The summed E-state index contributed by atoms with van der Waals surface area (Å²) in [5, 5.41) is 18.1. The van der Waals surface area contributed by atoms with Crippen molar-refractivity contribution in [2.45, 2.75) is 31.4 Å². The van der Waals surface area contributed by atoms with E-state index in [-0.39, 0.29) is 6.10 Å². The molecule has 2 aliphatic heterocycles. The number of benzene rings is 3. The van der Waals surface area contributed by atoms with Crippen LogP contribution in [0.25, 0.3) is 67.7 Å². The number of rotatable bonds is 18. The lowest BCUT2D eigenvalue weighted by atomic mass is 10.2. The number of nitriles is 1. The van der Waals surface area contributed by atoms with Crippen LogP contribution in [0.1, 0.15) is 19.3 Å². The minimum absolute atomic E-state index is 0.182. The van der Waals surface area contributed by atoms with E-state index < -0.39 is 0 Å². The van der Waals surface area contributed by atoms with Crippen molar-refractivity contribution in [2.75, 3.05) is 93.3 Å². The molecule has 18 nitrogen and oxygen atoms in total. The zero-order valence-corrected chi connectivity index (χ0v) is 47.9. The summed E-state index contributed by atoms with van der Waals surface area (Å²) in [5.41, 5.74) is 7.81. The number of aromatic nitrogens is 9. The molecule has 0 saturated carbocycles. The topological polar surface area (TPSA) is 209 Å². The van der Waals surface area contributed by atoms with Gasteiger partial charge in [-0.1, -0.05) is 0 Å². The summed E-state index contributed by atoms with van der Waals surface area (Å²) in [6, 6.07) is 32.5.